The van der Waals surface area contributed by atoms with Crippen molar-refractivity contribution in [1.82, 2.24) is 24.8 Å². The maximum atomic E-state index is 18.0. The normalized spacial score (nSPS) is 23.9. The van der Waals surface area contributed by atoms with Crippen LogP contribution in [0.5, 0.6) is 6.01 Å². The summed E-state index contributed by atoms with van der Waals surface area (Å²) in [5.74, 6) is 0.147. The molecule has 1 N–H and O–H groups in total. The molecule has 0 radical (unpaired) electrons. The Morgan fingerprint density at radius 3 is 2.29 bits per heavy atom. The summed E-state index contributed by atoms with van der Waals surface area (Å²) in [6.07, 6.45) is 3.35. The fraction of sp³-hybridized carbons (Fsp3) is 0.600. The first-order chi connectivity index (χ1) is 30.0. The molecular formula is C45H52F2N8O7S. The summed E-state index contributed by atoms with van der Waals surface area (Å²) in [4.78, 5) is 47.1. The zero-order chi connectivity index (χ0) is 44.2. The maximum absolute atomic E-state index is 18.0. The van der Waals surface area contributed by atoms with E-state index in [1.54, 1.807) is 25.7 Å². The second kappa shape index (κ2) is 15.3. The standard InChI is InChI=1S/C45H52F2N8O7S/c1-43(2,3)61-41(56)52-39-27(11-48)32-35(49-12-30(46)37(32)63-39)31-28-19-59-20-29(28)33-36(34(31)47)50-40(60-22-45(9-10-45)21-53-13-23-17-58-18-24(23)14-53)51-38(33)55-25-7-8-26(55)16-54(15-25)42(57)62-44(4,5)6/h12,23-26H,7-10,13-22H2,1-6H3,(H,52,56)/t23-,24+,25?,26?. The van der Waals surface area contributed by atoms with Crippen molar-refractivity contribution in [3.8, 4) is 23.3 Å². The molecule has 18 heteroatoms. The number of likely N-dealkylation sites (tertiary alicyclic amines) is 2. The number of carbonyl (C=O) groups excluding carboxylic acids is 2. The molecule has 3 aromatic heterocycles. The molecule has 4 saturated heterocycles. The lowest BCUT2D eigenvalue weighted by Gasteiger charge is -2.42. The van der Waals surface area contributed by atoms with Gasteiger partial charge in [0.05, 0.1) is 60.6 Å². The SMILES string of the molecule is CC(C)(C)OC(=O)Nc1sc2c(F)cnc(-c3c4c(c5c(N6C7CCC6CN(C(=O)OC(C)(C)C)C7)nc(OCC6(CN7C[C@H]8COC[C@H]8C7)CC6)nc5c3F)COC4)c2c1C#N. The number of nitrogens with one attached hydrogen (secondary N) is 1. The van der Waals surface area contributed by atoms with Gasteiger partial charge in [-0.15, -0.1) is 11.3 Å². The fourth-order valence-electron chi connectivity index (χ4n) is 10.2. The van der Waals surface area contributed by atoms with Crippen molar-refractivity contribution in [1.29, 1.82) is 5.26 Å². The largest absolute Gasteiger partial charge is 0.463 e. The number of nitrogens with zero attached hydrogens (tertiary/aromatic N) is 7. The number of pyridine rings is 1. The molecule has 4 atom stereocenters. The number of amides is 2. The number of ether oxygens (including phenoxy) is 5. The minimum absolute atomic E-state index is 0.0109. The molecule has 63 heavy (non-hydrogen) atoms. The third-order valence-electron chi connectivity index (χ3n) is 13.1. The van der Waals surface area contributed by atoms with Gasteiger partial charge in [-0.3, -0.25) is 10.3 Å². The van der Waals surface area contributed by atoms with Crippen LogP contribution in [0, 0.1) is 40.2 Å². The summed E-state index contributed by atoms with van der Waals surface area (Å²) in [5.41, 5.74) is -0.488. The predicted octanol–water partition coefficient (Wildman–Crippen LogP) is 7.76. The Bertz CT molecular complexity index is 2560. The average Bonchev–Trinajstić information content (AvgIpc) is 3.69. The van der Waals surface area contributed by atoms with Crippen molar-refractivity contribution >= 4 is 55.3 Å². The number of rotatable bonds is 8. The van der Waals surface area contributed by atoms with Crippen molar-refractivity contribution in [2.75, 3.05) is 62.8 Å². The van der Waals surface area contributed by atoms with Crippen molar-refractivity contribution in [3.05, 3.63) is 34.5 Å². The molecule has 15 nitrogen and oxygen atoms in total. The third-order valence-corrected chi connectivity index (χ3v) is 14.2. The van der Waals surface area contributed by atoms with E-state index in [1.165, 1.54) is 0 Å². The van der Waals surface area contributed by atoms with Crippen molar-refractivity contribution in [3.63, 3.8) is 0 Å². The highest BCUT2D eigenvalue weighted by Gasteiger charge is 2.49. The van der Waals surface area contributed by atoms with Crippen LogP contribution in [0.15, 0.2) is 6.20 Å². The molecule has 5 fully saturated rings. The number of carbonyl (C=O) groups is 2. The highest BCUT2D eigenvalue weighted by Crippen LogP contribution is 2.50. The number of thiophene rings is 1. The van der Waals surface area contributed by atoms with Gasteiger partial charge in [0.15, 0.2) is 11.6 Å². The predicted molar refractivity (Wildman–Crippen MR) is 230 cm³/mol. The van der Waals surface area contributed by atoms with Crippen LogP contribution in [-0.2, 0) is 32.2 Å². The highest BCUT2D eigenvalue weighted by molar-refractivity contribution is 7.23. The minimum atomic E-state index is -0.836. The van der Waals surface area contributed by atoms with Gasteiger partial charge in [0.1, 0.15) is 33.6 Å². The van der Waals surface area contributed by atoms with Crippen LogP contribution in [0.4, 0.5) is 29.2 Å². The van der Waals surface area contributed by atoms with E-state index in [0.29, 0.717) is 53.9 Å². The number of hydrogen-bond acceptors (Lipinski definition) is 14. The van der Waals surface area contributed by atoms with Gasteiger partial charge >= 0.3 is 18.2 Å². The Hall–Kier alpha value is -4.96. The second-order valence-electron chi connectivity index (χ2n) is 20.1. The van der Waals surface area contributed by atoms with Gasteiger partial charge in [-0.1, -0.05) is 0 Å². The molecule has 4 aromatic rings. The molecule has 1 saturated carbocycles. The molecular weight excluding hydrogens is 835 g/mol. The number of hydrogen-bond donors (Lipinski definition) is 1. The Labute approximate surface area is 368 Å². The van der Waals surface area contributed by atoms with Crippen LogP contribution in [0.3, 0.4) is 0 Å². The zero-order valence-electron chi connectivity index (χ0n) is 36.4. The number of nitriles is 1. The molecule has 334 valence electrons. The van der Waals surface area contributed by atoms with E-state index in [0.717, 1.165) is 76.1 Å². The number of benzene rings is 1. The summed E-state index contributed by atoms with van der Waals surface area (Å²) >= 11 is 0.846. The van der Waals surface area contributed by atoms with E-state index in [1.807, 2.05) is 20.8 Å². The summed E-state index contributed by atoms with van der Waals surface area (Å²) in [6.45, 7) is 16.4. The van der Waals surface area contributed by atoms with Gasteiger partial charge in [-0.25, -0.2) is 18.4 Å². The lowest BCUT2D eigenvalue weighted by molar-refractivity contribution is 0.0209. The Morgan fingerprint density at radius 2 is 1.63 bits per heavy atom. The lowest BCUT2D eigenvalue weighted by Crippen LogP contribution is -2.56. The average molecular weight is 887 g/mol. The summed E-state index contributed by atoms with van der Waals surface area (Å²) < 4.78 is 63.2. The quantitative estimate of drug-likeness (QED) is 0.183. The number of fused-ring (bicyclic) bond motifs is 7. The molecule has 0 spiro atoms. The minimum Gasteiger partial charge on any atom is -0.463 e. The number of aromatic nitrogens is 3. The first-order valence-corrected chi connectivity index (χ1v) is 22.6. The molecule has 1 aromatic carbocycles. The Balaban J connectivity index is 1.08. The Morgan fingerprint density at radius 1 is 0.952 bits per heavy atom. The Kier molecular flexibility index (Phi) is 10.2. The summed E-state index contributed by atoms with van der Waals surface area (Å²) in [6, 6.07) is 1.85. The van der Waals surface area contributed by atoms with Crippen LogP contribution in [0.2, 0.25) is 0 Å². The van der Waals surface area contributed by atoms with Gasteiger partial charge < -0.3 is 38.4 Å². The molecule has 6 aliphatic rings. The third kappa shape index (κ3) is 7.78. The molecule has 2 amide bonds. The van der Waals surface area contributed by atoms with E-state index >= 15 is 8.78 Å². The smallest absolute Gasteiger partial charge is 0.412 e. The summed E-state index contributed by atoms with van der Waals surface area (Å²) in [7, 11) is 0. The second-order valence-corrected chi connectivity index (χ2v) is 21.1. The molecule has 8 heterocycles. The first-order valence-electron chi connectivity index (χ1n) is 21.8. The van der Waals surface area contributed by atoms with E-state index in [4.69, 9.17) is 33.7 Å². The lowest BCUT2D eigenvalue weighted by atomic mass is 9.93. The molecule has 10 rings (SSSR count). The monoisotopic (exact) mass is 886 g/mol. The van der Waals surface area contributed by atoms with Crippen molar-refractivity contribution in [2.24, 2.45) is 17.3 Å². The van der Waals surface area contributed by atoms with E-state index < -0.39 is 28.9 Å². The zero-order valence-corrected chi connectivity index (χ0v) is 37.3. The van der Waals surface area contributed by atoms with Crippen LogP contribution in [0.1, 0.15) is 83.9 Å². The van der Waals surface area contributed by atoms with Gasteiger partial charge in [0.25, 0.3) is 0 Å². The molecule has 1 aliphatic carbocycles. The van der Waals surface area contributed by atoms with Gasteiger partial charge in [0.2, 0.25) is 0 Å². The topological polar surface area (TPSA) is 164 Å². The van der Waals surface area contributed by atoms with E-state index in [-0.39, 0.29) is 80.2 Å². The van der Waals surface area contributed by atoms with E-state index in [2.05, 4.69) is 26.2 Å². The van der Waals surface area contributed by atoms with Crippen LogP contribution in [-0.4, -0.2) is 113 Å². The molecule has 5 aliphatic heterocycles. The molecule has 2 bridgehead atoms. The molecule has 2 unspecified atom stereocenters. The number of anilines is 2. The fourth-order valence-corrected chi connectivity index (χ4v) is 11.2. The summed E-state index contributed by atoms with van der Waals surface area (Å²) in [5, 5.41) is 13.7. The maximum Gasteiger partial charge on any atom is 0.412 e. The van der Waals surface area contributed by atoms with Crippen molar-refractivity contribution in [2.45, 2.75) is 104 Å². The highest BCUT2D eigenvalue weighted by atomic mass is 32.1. The van der Waals surface area contributed by atoms with Gasteiger partial charge in [-0.05, 0) is 78.4 Å². The van der Waals surface area contributed by atoms with Gasteiger partial charge in [0, 0.05) is 73.0 Å². The number of halogens is 2. The van der Waals surface area contributed by atoms with Crippen LogP contribution in [0.25, 0.3) is 32.2 Å². The number of piperazine rings is 1. The van der Waals surface area contributed by atoms with Crippen LogP contribution >= 0.6 is 11.3 Å². The first kappa shape index (κ1) is 42.0. The van der Waals surface area contributed by atoms with Crippen LogP contribution < -0.4 is 15.0 Å². The van der Waals surface area contributed by atoms with Gasteiger partial charge in [-0.2, -0.15) is 15.2 Å². The van der Waals surface area contributed by atoms with E-state index in [9.17, 15) is 14.9 Å². The van der Waals surface area contributed by atoms with Crippen molar-refractivity contribution < 1.29 is 42.1 Å².